The number of fused-ring (bicyclic) bond motifs is 1. The van der Waals surface area contributed by atoms with E-state index < -0.39 is 0 Å². The Labute approximate surface area is 95.5 Å². The van der Waals surface area contributed by atoms with Gasteiger partial charge in [-0.2, -0.15) is 0 Å². The van der Waals surface area contributed by atoms with Crippen molar-refractivity contribution in [3.8, 4) is 0 Å². The Morgan fingerprint density at radius 1 is 1.31 bits per heavy atom. The number of aliphatic hydroxyl groups excluding tert-OH is 1. The lowest BCUT2D eigenvalue weighted by Gasteiger charge is -2.22. The van der Waals surface area contributed by atoms with Crippen molar-refractivity contribution in [2.24, 2.45) is 5.41 Å². The Hall–Kier alpha value is -1.48. The molecule has 2 aromatic rings. The third-order valence-electron chi connectivity index (χ3n) is 2.77. The van der Waals surface area contributed by atoms with E-state index >= 15 is 0 Å². The molecule has 1 aromatic carbocycles. The Balaban J connectivity index is 2.16. The molecule has 0 unspecified atom stereocenters. The number of anilines is 1. The van der Waals surface area contributed by atoms with Crippen molar-refractivity contribution in [1.82, 2.24) is 4.98 Å². The monoisotopic (exact) mass is 218 g/mol. The highest BCUT2D eigenvalue weighted by atomic mass is 16.3. The molecule has 3 N–H and O–H groups in total. The number of hydrogen-bond acceptors (Lipinski definition) is 2. The number of rotatable bonds is 4. The summed E-state index contributed by atoms with van der Waals surface area (Å²) < 4.78 is 0. The van der Waals surface area contributed by atoms with Crippen molar-refractivity contribution >= 4 is 16.6 Å². The van der Waals surface area contributed by atoms with Crippen LogP contribution in [0, 0.1) is 5.41 Å². The molecule has 0 radical (unpaired) electrons. The first-order chi connectivity index (χ1) is 7.62. The van der Waals surface area contributed by atoms with Gasteiger partial charge in [-0.1, -0.05) is 32.0 Å². The lowest BCUT2D eigenvalue weighted by atomic mass is 9.95. The fourth-order valence-corrected chi connectivity index (χ4v) is 1.61. The number of H-pyrrole nitrogens is 1. The maximum Gasteiger partial charge on any atom is 0.0598 e. The van der Waals surface area contributed by atoms with Gasteiger partial charge in [0, 0.05) is 35.7 Å². The molecule has 0 aliphatic carbocycles. The van der Waals surface area contributed by atoms with Crippen LogP contribution in [0.5, 0.6) is 0 Å². The maximum absolute atomic E-state index is 9.19. The van der Waals surface area contributed by atoms with Crippen LogP contribution in [-0.2, 0) is 0 Å². The Morgan fingerprint density at radius 2 is 2.06 bits per heavy atom. The fourth-order valence-electron chi connectivity index (χ4n) is 1.61. The first-order valence-electron chi connectivity index (χ1n) is 5.53. The maximum atomic E-state index is 9.19. The predicted molar refractivity (Wildman–Crippen MR) is 67.7 cm³/mol. The third kappa shape index (κ3) is 2.19. The summed E-state index contributed by atoms with van der Waals surface area (Å²) in [6.07, 6.45) is 1.97. The second-order valence-electron chi connectivity index (χ2n) is 4.92. The minimum Gasteiger partial charge on any atom is -0.396 e. The van der Waals surface area contributed by atoms with Gasteiger partial charge in [-0.05, 0) is 6.07 Å². The van der Waals surface area contributed by atoms with Crippen LogP contribution in [0.2, 0.25) is 0 Å². The number of benzene rings is 1. The smallest absolute Gasteiger partial charge is 0.0598 e. The molecule has 0 amide bonds. The van der Waals surface area contributed by atoms with E-state index in [2.05, 4.69) is 22.4 Å². The molecular weight excluding hydrogens is 200 g/mol. The molecule has 0 aliphatic rings. The summed E-state index contributed by atoms with van der Waals surface area (Å²) >= 11 is 0. The SMILES string of the molecule is CC(C)(CO)CNc1c[nH]c2ccccc12. The van der Waals surface area contributed by atoms with E-state index in [-0.39, 0.29) is 12.0 Å². The number of hydrogen-bond donors (Lipinski definition) is 3. The normalized spacial score (nSPS) is 11.9. The summed E-state index contributed by atoms with van der Waals surface area (Å²) in [6, 6.07) is 8.18. The van der Waals surface area contributed by atoms with E-state index in [1.807, 2.05) is 32.2 Å². The Bertz CT molecular complexity index is 473. The molecule has 3 heteroatoms. The largest absolute Gasteiger partial charge is 0.396 e. The lowest BCUT2D eigenvalue weighted by molar-refractivity contribution is 0.171. The van der Waals surface area contributed by atoms with Gasteiger partial charge in [0.2, 0.25) is 0 Å². The van der Waals surface area contributed by atoms with Gasteiger partial charge in [-0.25, -0.2) is 0 Å². The number of para-hydroxylation sites is 1. The molecule has 0 fully saturated rings. The summed E-state index contributed by atoms with van der Waals surface area (Å²) in [7, 11) is 0. The van der Waals surface area contributed by atoms with Crippen molar-refractivity contribution in [3.63, 3.8) is 0 Å². The zero-order chi connectivity index (χ0) is 11.6. The highest BCUT2D eigenvalue weighted by molar-refractivity contribution is 5.92. The minimum absolute atomic E-state index is 0.0988. The highest BCUT2D eigenvalue weighted by Gasteiger charge is 2.16. The van der Waals surface area contributed by atoms with Crippen LogP contribution in [-0.4, -0.2) is 23.2 Å². The van der Waals surface area contributed by atoms with E-state index in [4.69, 9.17) is 0 Å². The molecule has 1 heterocycles. The summed E-state index contributed by atoms with van der Waals surface area (Å²) in [6.45, 7) is 5.01. The van der Waals surface area contributed by atoms with Gasteiger partial charge < -0.3 is 15.4 Å². The quantitative estimate of drug-likeness (QED) is 0.738. The molecule has 86 valence electrons. The van der Waals surface area contributed by atoms with Crippen LogP contribution < -0.4 is 5.32 Å². The second kappa shape index (κ2) is 4.18. The van der Waals surface area contributed by atoms with E-state index in [0.29, 0.717) is 0 Å². The van der Waals surface area contributed by atoms with Crippen molar-refractivity contribution in [2.45, 2.75) is 13.8 Å². The molecule has 16 heavy (non-hydrogen) atoms. The fraction of sp³-hybridized carbons (Fsp3) is 0.385. The number of aromatic amines is 1. The number of aromatic nitrogens is 1. The van der Waals surface area contributed by atoms with Gasteiger partial charge in [0.15, 0.2) is 0 Å². The summed E-state index contributed by atoms with van der Waals surface area (Å²) in [4.78, 5) is 3.22. The van der Waals surface area contributed by atoms with Gasteiger partial charge in [0.1, 0.15) is 0 Å². The van der Waals surface area contributed by atoms with E-state index in [0.717, 1.165) is 17.7 Å². The second-order valence-corrected chi connectivity index (χ2v) is 4.92. The first-order valence-corrected chi connectivity index (χ1v) is 5.53. The first kappa shape index (κ1) is 11.0. The van der Waals surface area contributed by atoms with E-state index in [1.54, 1.807) is 0 Å². The molecular formula is C13H18N2O. The van der Waals surface area contributed by atoms with Gasteiger partial charge >= 0.3 is 0 Å². The zero-order valence-corrected chi connectivity index (χ0v) is 9.75. The number of aliphatic hydroxyl groups is 1. The molecule has 3 nitrogen and oxygen atoms in total. The molecule has 0 saturated heterocycles. The van der Waals surface area contributed by atoms with E-state index in [9.17, 15) is 5.11 Å². The van der Waals surface area contributed by atoms with Crippen LogP contribution in [0.1, 0.15) is 13.8 Å². The minimum atomic E-state index is -0.0988. The van der Waals surface area contributed by atoms with Crippen LogP contribution in [0.25, 0.3) is 10.9 Å². The summed E-state index contributed by atoms with van der Waals surface area (Å²) in [5.41, 5.74) is 2.13. The average Bonchev–Trinajstić information content (AvgIpc) is 2.70. The van der Waals surface area contributed by atoms with Crippen LogP contribution in [0.4, 0.5) is 5.69 Å². The topological polar surface area (TPSA) is 48.0 Å². The molecule has 0 bridgehead atoms. The van der Waals surface area contributed by atoms with Gasteiger partial charge in [0.05, 0.1) is 5.69 Å². The molecule has 0 atom stereocenters. The van der Waals surface area contributed by atoms with Crippen molar-refractivity contribution < 1.29 is 5.11 Å². The van der Waals surface area contributed by atoms with Crippen molar-refractivity contribution in [1.29, 1.82) is 0 Å². The summed E-state index contributed by atoms with van der Waals surface area (Å²) in [5.74, 6) is 0. The lowest BCUT2D eigenvalue weighted by Crippen LogP contribution is -2.26. The van der Waals surface area contributed by atoms with E-state index in [1.165, 1.54) is 5.39 Å². The van der Waals surface area contributed by atoms with Crippen molar-refractivity contribution in [3.05, 3.63) is 30.5 Å². The summed E-state index contributed by atoms with van der Waals surface area (Å²) in [5, 5.41) is 13.7. The third-order valence-corrected chi connectivity index (χ3v) is 2.77. The molecule has 0 spiro atoms. The van der Waals surface area contributed by atoms with Gasteiger partial charge in [0.25, 0.3) is 0 Å². The van der Waals surface area contributed by atoms with Crippen LogP contribution in [0.15, 0.2) is 30.5 Å². The molecule has 0 saturated carbocycles. The molecule has 2 rings (SSSR count). The Kier molecular flexibility index (Phi) is 2.88. The van der Waals surface area contributed by atoms with Crippen molar-refractivity contribution in [2.75, 3.05) is 18.5 Å². The van der Waals surface area contributed by atoms with Gasteiger partial charge in [-0.3, -0.25) is 0 Å². The standard InChI is InChI=1S/C13H18N2O/c1-13(2,9-16)8-15-12-7-14-11-6-4-3-5-10(11)12/h3-7,14-16H,8-9H2,1-2H3. The molecule has 1 aromatic heterocycles. The predicted octanol–water partition coefficient (Wildman–Crippen LogP) is 2.60. The highest BCUT2D eigenvalue weighted by Crippen LogP contribution is 2.24. The zero-order valence-electron chi connectivity index (χ0n) is 9.75. The van der Waals surface area contributed by atoms with Gasteiger partial charge in [-0.15, -0.1) is 0 Å². The number of nitrogens with one attached hydrogen (secondary N) is 2. The molecule has 0 aliphatic heterocycles. The van der Waals surface area contributed by atoms with Crippen LogP contribution in [0.3, 0.4) is 0 Å². The average molecular weight is 218 g/mol. The Morgan fingerprint density at radius 3 is 2.81 bits per heavy atom. The van der Waals surface area contributed by atoms with Crippen LogP contribution >= 0.6 is 0 Å².